The topological polar surface area (TPSA) is 118 Å². The second kappa shape index (κ2) is 5.21. The van der Waals surface area contributed by atoms with Crippen LogP contribution in [0.4, 0.5) is 5.82 Å². The van der Waals surface area contributed by atoms with E-state index in [0.717, 1.165) is 0 Å². The molecule has 0 radical (unpaired) electrons. The average molecular weight is 433 g/mol. The zero-order valence-corrected chi connectivity index (χ0v) is 14.7. The maximum atomic E-state index is 9.57. The molecule has 3 N–H and O–H groups in total. The SMILES string of the molecule is CC1(C)OC2[C@@H](O1)[C@@H](CO)O[C@H]2n1cnc2c(N)nc(I)nc21. The van der Waals surface area contributed by atoms with E-state index in [9.17, 15) is 5.11 Å². The Kier molecular flexibility index (Phi) is 3.50. The van der Waals surface area contributed by atoms with Crippen LogP contribution in [0.2, 0.25) is 0 Å². The monoisotopic (exact) mass is 433 g/mol. The van der Waals surface area contributed by atoms with Crippen molar-refractivity contribution in [2.75, 3.05) is 12.3 Å². The summed E-state index contributed by atoms with van der Waals surface area (Å²) in [5, 5.41) is 9.57. The fourth-order valence-corrected chi connectivity index (χ4v) is 3.62. The van der Waals surface area contributed by atoms with Gasteiger partial charge in [0.2, 0.25) is 0 Å². The summed E-state index contributed by atoms with van der Waals surface area (Å²) in [6.07, 6.45) is -0.0947. The molecule has 2 fully saturated rings. The number of aliphatic hydroxyl groups excluding tert-OH is 1. The number of imidazole rings is 1. The Morgan fingerprint density at radius 1 is 1.35 bits per heavy atom. The summed E-state index contributed by atoms with van der Waals surface area (Å²) >= 11 is 2.00. The molecule has 0 amide bonds. The van der Waals surface area contributed by atoms with E-state index in [-0.39, 0.29) is 18.8 Å². The molecule has 4 heterocycles. The van der Waals surface area contributed by atoms with E-state index in [4.69, 9.17) is 19.9 Å². The van der Waals surface area contributed by atoms with Gasteiger partial charge in [0, 0.05) is 22.6 Å². The Morgan fingerprint density at radius 2 is 2.09 bits per heavy atom. The molecule has 4 rings (SSSR count). The van der Waals surface area contributed by atoms with Crippen molar-refractivity contribution in [3.8, 4) is 0 Å². The van der Waals surface area contributed by atoms with Gasteiger partial charge in [0.15, 0.2) is 27.3 Å². The fraction of sp³-hybridized carbons (Fsp3) is 0.615. The molecule has 0 aliphatic carbocycles. The largest absolute Gasteiger partial charge is 0.394 e. The van der Waals surface area contributed by atoms with Crippen LogP contribution in [-0.2, 0) is 14.2 Å². The summed E-state index contributed by atoms with van der Waals surface area (Å²) in [7, 11) is 0. The third kappa shape index (κ3) is 2.39. The first-order valence-corrected chi connectivity index (χ1v) is 8.25. The number of ether oxygens (including phenoxy) is 3. The molecule has 2 aliphatic rings. The minimum absolute atomic E-state index is 0.154. The highest BCUT2D eigenvalue weighted by atomic mass is 127. The summed E-state index contributed by atoms with van der Waals surface area (Å²) in [5.74, 6) is -0.417. The average Bonchev–Trinajstić information content (AvgIpc) is 3.09. The molecule has 0 saturated carbocycles. The Hall–Kier alpha value is -1.08. The molecule has 2 saturated heterocycles. The van der Waals surface area contributed by atoms with E-state index in [1.165, 1.54) is 0 Å². The lowest BCUT2D eigenvalue weighted by molar-refractivity contribution is -0.199. The highest BCUT2D eigenvalue weighted by molar-refractivity contribution is 14.1. The zero-order valence-electron chi connectivity index (χ0n) is 12.5. The van der Waals surface area contributed by atoms with Crippen LogP contribution in [0.15, 0.2) is 6.33 Å². The van der Waals surface area contributed by atoms with Crippen molar-refractivity contribution < 1.29 is 19.3 Å². The maximum absolute atomic E-state index is 9.57. The van der Waals surface area contributed by atoms with Gasteiger partial charge in [-0.25, -0.2) is 15.0 Å². The molecular weight excluding hydrogens is 417 g/mol. The molecule has 23 heavy (non-hydrogen) atoms. The summed E-state index contributed by atoms with van der Waals surface area (Å²) in [4.78, 5) is 12.8. The van der Waals surface area contributed by atoms with Gasteiger partial charge in [0.25, 0.3) is 0 Å². The highest BCUT2D eigenvalue weighted by Crippen LogP contribution is 2.43. The van der Waals surface area contributed by atoms with Gasteiger partial charge in [-0.2, -0.15) is 0 Å². The molecule has 1 unspecified atom stereocenters. The normalized spacial score (nSPS) is 32.5. The summed E-state index contributed by atoms with van der Waals surface area (Å²) in [5.41, 5.74) is 6.98. The maximum Gasteiger partial charge on any atom is 0.194 e. The number of anilines is 1. The first-order valence-electron chi connectivity index (χ1n) is 7.17. The van der Waals surface area contributed by atoms with Crippen LogP contribution >= 0.6 is 22.6 Å². The van der Waals surface area contributed by atoms with Crippen LogP contribution in [0.3, 0.4) is 0 Å². The fourth-order valence-electron chi connectivity index (χ4n) is 3.13. The van der Waals surface area contributed by atoms with E-state index >= 15 is 0 Å². The predicted molar refractivity (Wildman–Crippen MR) is 87.3 cm³/mol. The van der Waals surface area contributed by atoms with Crippen molar-refractivity contribution in [3.05, 3.63) is 10.2 Å². The van der Waals surface area contributed by atoms with Crippen LogP contribution in [0.25, 0.3) is 11.2 Å². The van der Waals surface area contributed by atoms with Gasteiger partial charge in [-0.15, -0.1) is 0 Å². The molecule has 10 heteroatoms. The van der Waals surface area contributed by atoms with E-state index in [1.54, 1.807) is 10.9 Å². The molecule has 0 aromatic carbocycles. The number of nitrogens with zero attached hydrogens (tertiary/aromatic N) is 4. The number of hydrogen-bond acceptors (Lipinski definition) is 8. The Morgan fingerprint density at radius 3 is 2.83 bits per heavy atom. The lowest BCUT2D eigenvalue weighted by Crippen LogP contribution is -2.31. The summed E-state index contributed by atoms with van der Waals surface area (Å²) in [6, 6.07) is 0. The molecule has 2 aromatic heterocycles. The number of rotatable bonds is 2. The third-order valence-electron chi connectivity index (χ3n) is 4.00. The smallest absolute Gasteiger partial charge is 0.194 e. The van der Waals surface area contributed by atoms with Crippen molar-refractivity contribution in [1.29, 1.82) is 0 Å². The number of fused-ring (bicyclic) bond motifs is 2. The van der Waals surface area contributed by atoms with Crippen molar-refractivity contribution >= 4 is 39.6 Å². The Labute approximate surface area is 145 Å². The number of halogens is 1. The zero-order chi connectivity index (χ0) is 16.4. The molecule has 0 bridgehead atoms. The number of aromatic nitrogens is 4. The Balaban J connectivity index is 1.79. The summed E-state index contributed by atoms with van der Waals surface area (Å²) < 4.78 is 20.0. The van der Waals surface area contributed by atoms with Crippen molar-refractivity contribution in [1.82, 2.24) is 19.5 Å². The molecular formula is C13H16IN5O4. The molecule has 2 aliphatic heterocycles. The second-order valence-electron chi connectivity index (χ2n) is 6.01. The molecule has 0 spiro atoms. The number of nitrogen functional groups attached to an aromatic ring is 1. The van der Waals surface area contributed by atoms with Crippen LogP contribution in [0.1, 0.15) is 20.1 Å². The van der Waals surface area contributed by atoms with Crippen molar-refractivity contribution in [3.63, 3.8) is 0 Å². The van der Waals surface area contributed by atoms with Gasteiger partial charge in [-0.05, 0) is 13.8 Å². The minimum atomic E-state index is -0.733. The first-order chi connectivity index (χ1) is 10.9. The van der Waals surface area contributed by atoms with Gasteiger partial charge in [0.05, 0.1) is 12.9 Å². The van der Waals surface area contributed by atoms with Crippen LogP contribution in [0.5, 0.6) is 0 Å². The van der Waals surface area contributed by atoms with E-state index in [1.807, 2.05) is 36.4 Å². The molecule has 2 aromatic rings. The van der Waals surface area contributed by atoms with Crippen molar-refractivity contribution in [2.45, 2.75) is 44.2 Å². The van der Waals surface area contributed by atoms with Crippen LogP contribution < -0.4 is 5.73 Å². The van der Waals surface area contributed by atoms with Gasteiger partial charge >= 0.3 is 0 Å². The molecule has 4 atom stereocenters. The minimum Gasteiger partial charge on any atom is -0.394 e. The van der Waals surface area contributed by atoms with Gasteiger partial charge in [-0.1, -0.05) is 0 Å². The van der Waals surface area contributed by atoms with Crippen LogP contribution in [0, 0.1) is 3.83 Å². The second-order valence-corrected chi connectivity index (χ2v) is 6.98. The lowest BCUT2D eigenvalue weighted by Gasteiger charge is -2.24. The Bertz CT molecular complexity index is 766. The lowest BCUT2D eigenvalue weighted by atomic mass is 10.1. The van der Waals surface area contributed by atoms with E-state index in [2.05, 4.69) is 15.0 Å². The predicted octanol–water partition coefficient (Wildman–Crippen LogP) is 0.423. The van der Waals surface area contributed by atoms with Gasteiger partial charge in [0.1, 0.15) is 23.8 Å². The molecule has 9 nitrogen and oxygen atoms in total. The number of hydrogen-bond donors (Lipinski definition) is 2. The highest BCUT2D eigenvalue weighted by Gasteiger charge is 2.55. The quantitative estimate of drug-likeness (QED) is 0.517. The summed E-state index contributed by atoms with van der Waals surface area (Å²) in [6.45, 7) is 3.52. The van der Waals surface area contributed by atoms with Crippen LogP contribution in [-0.4, -0.2) is 55.3 Å². The van der Waals surface area contributed by atoms with E-state index < -0.39 is 18.1 Å². The van der Waals surface area contributed by atoms with Gasteiger partial charge in [-0.3, -0.25) is 4.57 Å². The molecule has 124 valence electrons. The van der Waals surface area contributed by atoms with E-state index in [0.29, 0.717) is 20.8 Å². The first kappa shape index (κ1) is 15.4. The number of nitrogens with two attached hydrogens (primary N) is 1. The third-order valence-corrected chi connectivity index (χ3v) is 4.48. The van der Waals surface area contributed by atoms with Gasteiger partial charge < -0.3 is 25.1 Å². The van der Waals surface area contributed by atoms with Crippen molar-refractivity contribution in [2.24, 2.45) is 0 Å². The number of aliphatic hydroxyl groups is 1. The standard InChI is InChI=1S/C13H16IN5O4/c1-13(2)22-7-5(3-20)21-11(8(7)23-13)19-4-16-6-9(15)17-12(14)18-10(6)19/h4-5,7-8,11,20H,3H2,1-2H3,(H2,15,17,18)/t5-,7+,8?,11-/m1/s1.